The Labute approximate surface area is 486 Å². The molecule has 2 atom stereocenters. The van der Waals surface area contributed by atoms with Crippen molar-refractivity contribution in [2.24, 2.45) is 0 Å². The molecule has 16 nitrogen and oxygen atoms in total. The molecular formula is C57H64Br2ClIN8O8. The summed E-state index contributed by atoms with van der Waals surface area (Å²) in [6.45, 7) is 13.7. The minimum atomic E-state index is -0.653. The maximum Gasteiger partial charge on any atom is 0.410 e. The SMILES string of the molecule is CC(C)(C)OC(=O)N1CCN(c2nc(OC[C@@H]3CCCN3CCCOCCOCCOCCOc3c(Br)cc(C=C4C(=O)Nc5ccc(I)cc54)cc3Br)nc3c2CCN(c2cccc4cccc(Cl)c24)C3)C[C@@H]1CC#N. The maximum absolute atomic E-state index is 13.3. The molecule has 9 rings (SSSR count). The van der Waals surface area contributed by atoms with E-state index in [9.17, 15) is 14.9 Å². The van der Waals surface area contributed by atoms with Crippen molar-refractivity contribution in [3.63, 3.8) is 0 Å². The molecule has 2 fully saturated rings. The lowest BCUT2D eigenvalue weighted by molar-refractivity contribution is -0.110. The van der Waals surface area contributed by atoms with Crippen molar-refractivity contribution in [2.45, 2.75) is 77.1 Å². The van der Waals surface area contributed by atoms with Gasteiger partial charge in [0.05, 0.1) is 77.8 Å². The number of nitrogens with zero attached hydrogens (tertiary/aromatic N) is 7. The standard InChI is InChI=1S/C57H64Br2ClIN8O8/c1-57(2,3)77-56(71)69-22-21-68(34-40(69)15-17-62)53-42-16-20-67(50-12-5-9-38-8-4-11-47(60)51(38)50)35-49(42)64-55(65-53)76-36-41-10-6-18-66(41)19-7-23-72-24-25-73-26-27-74-28-29-75-52-45(58)31-37(32-46(52)59)30-44-43-33-39(61)13-14-48(43)63-54(44)70/h4-5,8-9,11-14,30-33,40-41H,6-7,10,15-16,18-29,34-36H2,1-3H3,(H,63,70)/t40-,41-/m0/s1. The summed E-state index contributed by atoms with van der Waals surface area (Å²) < 4.78 is 38.4. The van der Waals surface area contributed by atoms with Crippen molar-refractivity contribution in [2.75, 3.05) is 107 Å². The largest absolute Gasteiger partial charge is 0.489 e. The van der Waals surface area contributed by atoms with Gasteiger partial charge in [0, 0.05) is 82.4 Å². The van der Waals surface area contributed by atoms with E-state index in [2.05, 4.69) is 105 Å². The zero-order valence-corrected chi connectivity index (χ0v) is 49.7. The maximum atomic E-state index is 13.3. The molecule has 1 aromatic heterocycles. The molecule has 0 spiro atoms. The first-order valence-corrected chi connectivity index (χ1v) is 29.3. The normalized spacial score (nSPS) is 18.1. The van der Waals surface area contributed by atoms with Gasteiger partial charge in [-0.3, -0.25) is 9.69 Å². The summed E-state index contributed by atoms with van der Waals surface area (Å²) in [5.41, 5.74) is 5.54. The zero-order chi connectivity index (χ0) is 54.1. The predicted molar refractivity (Wildman–Crippen MR) is 315 cm³/mol. The number of carbonyl (C=O) groups is 2. The average molecular weight is 1310 g/mol. The number of benzene rings is 4. The lowest BCUT2D eigenvalue weighted by Crippen LogP contribution is -2.56. The number of ether oxygens (including phenoxy) is 6. The monoisotopic (exact) mass is 1310 g/mol. The fraction of sp³-hybridized carbons (Fsp3) is 0.456. The highest BCUT2D eigenvalue weighted by Crippen LogP contribution is 2.40. The third kappa shape index (κ3) is 14.5. The first-order chi connectivity index (χ1) is 37.2. The molecule has 20 heteroatoms. The smallest absolute Gasteiger partial charge is 0.410 e. The summed E-state index contributed by atoms with van der Waals surface area (Å²) >= 11 is 16.3. The first kappa shape index (κ1) is 56.9. The van der Waals surface area contributed by atoms with Crippen LogP contribution in [0, 0.1) is 14.9 Å². The Hall–Kier alpha value is -4.79. The second-order valence-electron chi connectivity index (χ2n) is 20.4. The highest BCUT2D eigenvalue weighted by molar-refractivity contribution is 14.1. The van der Waals surface area contributed by atoms with Crippen LogP contribution in [0.1, 0.15) is 68.8 Å². The van der Waals surface area contributed by atoms with Gasteiger partial charge in [0.1, 0.15) is 30.4 Å². The van der Waals surface area contributed by atoms with Crippen LogP contribution in [0.15, 0.2) is 75.7 Å². The third-order valence-electron chi connectivity index (χ3n) is 13.9. The fourth-order valence-corrected chi connectivity index (χ4v) is 12.5. The van der Waals surface area contributed by atoms with E-state index in [1.165, 1.54) is 0 Å². The fourth-order valence-electron chi connectivity index (χ4n) is 10.3. The molecule has 4 aromatic carbocycles. The number of amides is 2. The minimum absolute atomic E-state index is 0.123. The van der Waals surface area contributed by atoms with Crippen LogP contribution in [0.3, 0.4) is 0 Å². The van der Waals surface area contributed by atoms with E-state index in [-0.39, 0.29) is 24.4 Å². The number of piperazine rings is 1. The number of nitriles is 1. The number of hydrogen-bond acceptors (Lipinski definition) is 14. The number of likely N-dealkylation sites (tertiary alicyclic amines) is 1. The topological polar surface area (TPSA) is 164 Å². The minimum Gasteiger partial charge on any atom is -0.489 e. The lowest BCUT2D eigenvalue weighted by Gasteiger charge is -2.42. The van der Waals surface area contributed by atoms with Crippen LogP contribution in [0.5, 0.6) is 11.8 Å². The van der Waals surface area contributed by atoms with Crippen molar-refractivity contribution in [1.82, 2.24) is 19.8 Å². The van der Waals surface area contributed by atoms with E-state index in [4.69, 9.17) is 50.0 Å². The van der Waals surface area contributed by atoms with Gasteiger partial charge in [0.2, 0.25) is 0 Å². The van der Waals surface area contributed by atoms with Crippen molar-refractivity contribution >= 4 is 118 Å². The number of anilines is 3. The summed E-state index contributed by atoms with van der Waals surface area (Å²) in [6.07, 6.45) is 5.31. The molecule has 5 heterocycles. The van der Waals surface area contributed by atoms with Crippen LogP contribution in [-0.2, 0) is 36.7 Å². The van der Waals surface area contributed by atoms with E-state index >= 15 is 0 Å². The summed E-state index contributed by atoms with van der Waals surface area (Å²) in [5, 5.41) is 15.6. The lowest BCUT2D eigenvalue weighted by atomic mass is 10.0. The van der Waals surface area contributed by atoms with Gasteiger partial charge in [-0.05, 0) is 167 Å². The van der Waals surface area contributed by atoms with Gasteiger partial charge in [0.25, 0.3) is 5.91 Å². The van der Waals surface area contributed by atoms with Gasteiger partial charge in [-0.25, -0.2) is 4.79 Å². The molecule has 0 unspecified atom stereocenters. The van der Waals surface area contributed by atoms with Crippen LogP contribution >= 0.6 is 66.1 Å². The van der Waals surface area contributed by atoms with E-state index in [1.807, 2.05) is 69.3 Å². The molecule has 2 amide bonds. The number of carbonyl (C=O) groups excluding carboxylic acids is 2. The van der Waals surface area contributed by atoms with Crippen molar-refractivity contribution < 1.29 is 38.0 Å². The number of halogens is 4. The zero-order valence-electron chi connectivity index (χ0n) is 43.6. The molecule has 0 radical (unpaired) electrons. The van der Waals surface area contributed by atoms with Gasteiger partial charge in [0.15, 0.2) is 0 Å². The second kappa shape index (κ2) is 26.4. The van der Waals surface area contributed by atoms with Gasteiger partial charge in [-0.1, -0.05) is 35.9 Å². The summed E-state index contributed by atoms with van der Waals surface area (Å²) in [4.78, 5) is 44.9. The summed E-state index contributed by atoms with van der Waals surface area (Å²) in [7, 11) is 0. The Bertz CT molecular complexity index is 2980. The number of rotatable bonds is 21. The molecule has 1 N–H and O–H groups in total. The Kier molecular flexibility index (Phi) is 19.5. The molecule has 0 aliphatic carbocycles. The number of fused-ring (bicyclic) bond motifs is 3. The molecule has 5 aromatic rings. The molecule has 4 aliphatic heterocycles. The molecule has 4 aliphatic rings. The third-order valence-corrected chi connectivity index (χ3v) is 16.0. The van der Waals surface area contributed by atoms with Gasteiger partial charge >= 0.3 is 12.1 Å². The van der Waals surface area contributed by atoms with Crippen molar-refractivity contribution in [1.29, 1.82) is 5.26 Å². The summed E-state index contributed by atoms with van der Waals surface area (Å²) in [6, 6.07) is 24.5. The number of hydrogen-bond donors (Lipinski definition) is 1. The van der Waals surface area contributed by atoms with Crippen molar-refractivity contribution in [3.05, 3.63) is 107 Å². The second-order valence-corrected chi connectivity index (χ2v) is 23.7. The predicted octanol–water partition coefficient (Wildman–Crippen LogP) is 11.2. The molecule has 0 saturated carbocycles. The van der Waals surface area contributed by atoms with Gasteiger partial charge < -0.3 is 48.4 Å². The van der Waals surface area contributed by atoms with Gasteiger partial charge in [-0.15, -0.1) is 0 Å². The number of nitrogens with one attached hydrogen (secondary N) is 1. The molecular weight excluding hydrogens is 1250 g/mol. The van der Waals surface area contributed by atoms with Crippen LogP contribution in [0.4, 0.5) is 22.0 Å². The number of aromatic nitrogens is 2. The highest BCUT2D eigenvalue weighted by atomic mass is 127. The highest BCUT2D eigenvalue weighted by Gasteiger charge is 2.37. The summed E-state index contributed by atoms with van der Waals surface area (Å²) in [5.74, 6) is 1.33. The van der Waals surface area contributed by atoms with Gasteiger partial charge in [-0.2, -0.15) is 15.2 Å². The molecule has 408 valence electrons. The Morgan fingerprint density at radius 3 is 2.39 bits per heavy atom. The van der Waals surface area contributed by atoms with E-state index in [1.54, 1.807) is 4.90 Å². The van der Waals surface area contributed by atoms with Crippen molar-refractivity contribution in [3.8, 4) is 17.8 Å². The molecule has 2 saturated heterocycles. The average Bonchev–Trinajstić information content (AvgIpc) is 3.99. The van der Waals surface area contributed by atoms with E-state index in [0.29, 0.717) is 108 Å². The Balaban J connectivity index is 0.718. The molecule has 77 heavy (non-hydrogen) atoms. The first-order valence-electron chi connectivity index (χ1n) is 26.2. The van der Waals surface area contributed by atoms with Crippen LogP contribution < -0.4 is 24.6 Å². The van der Waals surface area contributed by atoms with E-state index < -0.39 is 11.7 Å². The van der Waals surface area contributed by atoms with Crippen LogP contribution in [-0.4, -0.2) is 142 Å². The molecule has 0 bridgehead atoms. The Morgan fingerprint density at radius 2 is 1.64 bits per heavy atom. The van der Waals surface area contributed by atoms with Crippen LogP contribution in [0.25, 0.3) is 22.4 Å². The quantitative estimate of drug-likeness (QED) is 0.0419. The van der Waals surface area contributed by atoms with E-state index in [0.717, 1.165) is 102 Å². The Morgan fingerprint density at radius 1 is 0.896 bits per heavy atom. The van der Waals surface area contributed by atoms with Crippen LogP contribution in [0.2, 0.25) is 5.02 Å².